The molecule has 0 spiro atoms. The normalized spacial score (nSPS) is 10.0. The summed E-state index contributed by atoms with van der Waals surface area (Å²) in [6.07, 6.45) is 1.49. The number of hydrogen-bond donors (Lipinski definition) is 3. The third-order valence-corrected chi connectivity index (χ3v) is 3.95. The van der Waals surface area contributed by atoms with E-state index >= 15 is 0 Å². The number of hydrogen-bond acceptors (Lipinski definition) is 5. The number of methoxy groups -OCH3 is 1. The standard InChI is InChI=1S/C14H11Br2N3O3S/c1-22-11-8(5-7(15)6-9(11)16)13(21)19-14(23)18-12-10(20)3-2-4-17-12/h2-6,20H,1H3,(H2,17,18,19,21,23). The van der Waals surface area contributed by atoms with Crippen LogP contribution in [0.15, 0.2) is 39.4 Å². The van der Waals surface area contributed by atoms with Gasteiger partial charge in [0.2, 0.25) is 0 Å². The van der Waals surface area contributed by atoms with Gasteiger partial charge in [0.25, 0.3) is 5.91 Å². The average Bonchev–Trinajstić information content (AvgIpc) is 2.48. The van der Waals surface area contributed by atoms with Crippen molar-refractivity contribution in [3.8, 4) is 11.5 Å². The maximum absolute atomic E-state index is 12.4. The Morgan fingerprint density at radius 1 is 1.39 bits per heavy atom. The van der Waals surface area contributed by atoms with Crippen molar-refractivity contribution in [2.75, 3.05) is 12.4 Å². The van der Waals surface area contributed by atoms with Gasteiger partial charge in [-0.3, -0.25) is 10.1 Å². The first kappa shape index (κ1) is 17.6. The molecule has 6 nitrogen and oxygen atoms in total. The molecule has 23 heavy (non-hydrogen) atoms. The molecule has 120 valence electrons. The quantitative estimate of drug-likeness (QED) is 0.608. The summed E-state index contributed by atoms with van der Waals surface area (Å²) in [7, 11) is 1.47. The minimum Gasteiger partial charge on any atom is -0.504 e. The summed E-state index contributed by atoms with van der Waals surface area (Å²) in [4.78, 5) is 16.3. The largest absolute Gasteiger partial charge is 0.504 e. The monoisotopic (exact) mass is 459 g/mol. The second-order valence-corrected chi connectivity index (χ2v) is 6.43. The number of amides is 1. The molecule has 0 fully saturated rings. The van der Waals surface area contributed by atoms with Crippen LogP contribution >= 0.6 is 44.1 Å². The molecule has 0 aliphatic heterocycles. The van der Waals surface area contributed by atoms with Crippen LogP contribution < -0.4 is 15.4 Å². The van der Waals surface area contributed by atoms with Gasteiger partial charge in [0, 0.05) is 10.7 Å². The van der Waals surface area contributed by atoms with E-state index in [1.807, 2.05) is 0 Å². The van der Waals surface area contributed by atoms with Crippen molar-refractivity contribution in [3.05, 3.63) is 45.0 Å². The van der Waals surface area contributed by atoms with E-state index in [4.69, 9.17) is 17.0 Å². The van der Waals surface area contributed by atoms with Crippen molar-refractivity contribution in [3.63, 3.8) is 0 Å². The number of halogens is 2. The molecule has 1 amide bonds. The fourth-order valence-corrected chi connectivity index (χ4v) is 3.32. The van der Waals surface area contributed by atoms with Crippen molar-refractivity contribution in [2.45, 2.75) is 0 Å². The zero-order valence-electron chi connectivity index (χ0n) is 11.8. The van der Waals surface area contributed by atoms with Crippen molar-refractivity contribution in [1.29, 1.82) is 0 Å². The number of nitrogens with zero attached hydrogens (tertiary/aromatic N) is 1. The van der Waals surface area contributed by atoms with Crippen LogP contribution in [0.4, 0.5) is 5.82 Å². The first-order valence-corrected chi connectivity index (χ1v) is 8.21. The summed E-state index contributed by atoms with van der Waals surface area (Å²) in [5.74, 6) is -0.00183. The molecule has 0 aliphatic carbocycles. The van der Waals surface area contributed by atoms with Gasteiger partial charge in [-0.15, -0.1) is 0 Å². The molecule has 0 aliphatic rings. The Balaban J connectivity index is 2.16. The molecule has 0 saturated heterocycles. The lowest BCUT2D eigenvalue weighted by molar-refractivity contribution is 0.0974. The van der Waals surface area contributed by atoms with Gasteiger partial charge in [-0.2, -0.15) is 0 Å². The fourth-order valence-electron chi connectivity index (χ4n) is 1.74. The second-order valence-electron chi connectivity index (χ2n) is 4.25. The van der Waals surface area contributed by atoms with E-state index in [2.05, 4.69) is 47.5 Å². The molecule has 0 saturated carbocycles. The SMILES string of the molecule is COc1c(Br)cc(Br)cc1C(=O)NC(=S)Nc1ncccc1O. The summed E-state index contributed by atoms with van der Waals surface area (Å²) < 4.78 is 6.56. The zero-order chi connectivity index (χ0) is 17.0. The van der Waals surface area contributed by atoms with Crippen molar-refractivity contribution in [2.24, 2.45) is 0 Å². The molecule has 0 atom stereocenters. The first-order valence-electron chi connectivity index (χ1n) is 6.21. The van der Waals surface area contributed by atoms with Gasteiger partial charge in [-0.1, -0.05) is 15.9 Å². The molecule has 0 bridgehead atoms. The number of rotatable bonds is 3. The van der Waals surface area contributed by atoms with Gasteiger partial charge in [0.05, 0.1) is 17.1 Å². The maximum Gasteiger partial charge on any atom is 0.261 e. The Kier molecular flexibility index (Phi) is 5.91. The maximum atomic E-state index is 12.4. The minimum absolute atomic E-state index is 0.00199. The van der Waals surface area contributed by atoms with Crippen LogP contribution in [0.5, 0.6) is 11.5 Å². The zero-order valence-corrected chi connectivity index (χ0v) is 15.8. The molecule has 0 radical (unpaired) electrons. The summed E-state index contributed by atoms with van der Waals surface area (Å²) in [6.45, 7) is 0. The average molecular weight is 461 g/mol. The minimum atomic E-state index is -0.461. The Labute approximate surface area is 154 Å². The highest BCUT2D eigenvalue weighted by atomic mass is 79.9. The Morgan fingerprint density at radius 3 is 2.78 bits per heavy atom. The number of aromatic hydroxyl groups is 1. The number of ether oxygens (including phenoxy) is 1. The van der Waals surface area contributed by atoms with Crippen LogP contribution in [-0.4, -0.2) is 28.2 Å². The number of benzene rings is 1. The molecule has 2 rings (SSSR count). The molecular formula is C14H11Br2N3O3S. The van der Waals surface area contributed by atoms with Gasteiger partial charge in [0.1, 0.15) is 5.75 Å². The van der Waals surface area contributed by atoms with Crippen LogP contribution in [0, 0.1) is 0 Å². The number of anilines is 1. The lowest BCUT2D eigenvalue weighted by Gasteiger charge is -2.13. The highest BCUT2D eigenvalue weighted by Crippen LogP contribution is 2.32. The van der Waals surface area contributed by atoms with E-state index in [9.17, 15) is 9.90 Å². The van der Waals surface area contributed by atoms with Crippen molar-refractivity contribution in [1.82, 2.24) is 10.3 Å². The lowest BCUT2D eigenvalue weighted by atomic mass is 10.2. The van der Waals surface area contributed by atoms with Crippen LogP contribution in [0.1, 0.15) is 10.4 Å². The Bertz CT molecular complexity index is 771. The van der Waals surface area contributed by atoms with Crippen LogP contribution in [0.3, 0.4) is 0 Å². The highest BCUT2D eigenvalue weighted by molar-refractivity contribution is 9.11. The topological polar surface area (TPSA) is 83.5 Å². The van der Waals surface area contributed by atoms with Crippen LogP contribution in [0.2, 0.25) is 0 Å². The Hall–Kier alpha value is -1.71. The number of pyridine rings is 1. The summed E-state index contributed by atoms with van der Waals surface area (Å²) in [5, 5.41) is 14.8. The number of thiocarbonyl (C=S) groups is 1. The van der Waals surface area contributed by atoms with Gasteiger partial charge in [-0.05, 0) is 52.4 Å². The van der Waals surface area contributed by atoms with Gasteiger partial charge in [-0.25, -0.2) is 4.98 Å². The molecule has 1 aromatic heterocycles. The number of carbonyl (C=O) groups is 1. The predicted molar refractivity (Wildman–Crippen MR) is 98.0 cm³/mol. The second kappa shape index (κ2) is 7.71. The lowest BCUT2D eigenvalue weighted by Crippen LogP contribution is -2.34. The molecule has 3 N–H and O–H groups in total. The molecule has 1 heterocycles. The number of carbonyl (C=O) groups excluding carboxylic acids is 1. The summed E-state index contributed by atoms with van der Waals surface area (Å²) in [6, 6.07) is 6.40. The number of nitrogens with one attached hydrogen (secondary N) is 2. The van der Waals surface area contributed by atoms with Gasteiger partial charge < -0.3 is 15.2 Å². The summed E-state index contributed by atoms with van der Waals surface area (Å²) in [5.41, 5.74) is 0.295. The molecule has 0 unspecified atom stereocenters. The van der Waals surface area contributed by atoms with Crippen molar-refractivity contribution >= 4 is 60.9 Å². The predicted octanol–water partition coefficient (Wildman–Crippen LogP) is 3.45. The van der Waals surface area contributed by atoms with Gasteiger partial charge >= 0.3 is 0 Å². The molecule has 2 aromatic rings. The van der Waals surface area contributed by atoms with E-state index in [1.165, 1.54) is 19.4 Å². The Morgan fingerprint density at radius 2 is 2.13 bits per heavy atom. The van der Waals surface area contributed by atoms with E-state index in [0.29, 0.717) is 20.3 Å². The highest BCUT2D eigenvalue weighted by Gasteiger charge is 2.17. The van der Waals surface area contributed by atoms with E-state index in [1.54, 1.807) is 18.2 Å². The third-order valence-electron chi connectivity index (χ3n) is 2.70. The van der Waals surface area contributed by atoms with Crippen LogP contribution in [0.25, 0.3) is 0 Å². The smallest absolute Gasteiger partial charge is 0.261 e. The first-order chi connectivity index (χ1) is 10.9. The molecule has 1 aromatic carbocycles. The number of aromatic nitrogens is 1. The third kappa shape index (κ3) is 4.40. The summed E-state index contributed by atoms with van der Waals surface area (Å²) >= 11 is 11.7. The van der Waals surface area contributed by atoms with Gasteiger partial charge in [0.15, 0.2) is 16.7 Å². The van der Waals surface area contributed by atoms with E-state index in [0.717, 1.165) is 0 Å². The van der Waals surface area contributed by atoms with Crippen molar-refractivity contribution < 1.29 is 14.6 Å². The molecular weight excluding hydrogens is 450 g/mol. The fraction of sp³-hybridized carbons (Fsp3) is 0.0714. The van der Waals surface area contributed by atoms with Crippen LogP contribution in [-0.2, 0) is 0 Å². The van der Waals surface area contributed by atoms with E-state index in [-0.39, 0.29) is 16.7 Å². The molecule has 9 heteroatoms. The van der Waals surface area contributed by atoms with E-state index < -0.39 is 5.91 Å².